The topological polar surface area (TPSA) is 79.4 Å². The van der Waals surface area contributed by atoms with Gasteiger partial charge in [0, 0.05) is 37.6 Å². The van der Waals surface area contributed by atoms with Gasteiger partial charge in [-0.1, -0.05) is 6.92 Å². The molecule has 2 saturated heterocycles. The molecule has 0 saturated carbocycles. The number of carbonyl (C=O) groups excluding carboxylic acids is 1. The summed E-state index contributed by atoms with van der Waals surface area (Å²) in [4.78, 5) is 23.2. The number of benzene rings is 1. The maximum Gasteiger partial charge on any atom is 0.271 e. The lowest BCUT2D eigenvalue weighted by Crippen LogP contribution is -2.32. The highest BCUT2D eigenvalue weighted by Gasteiger charge is 2.18. The van der Waals surface area contributed by atoms with E-state index in [0.717, 1.165) is 44.1 Å². The second-order valence-electron chi connectivity index (χ2n) is 7.97. The minimum absolute atomic E-state index is 0.115. The quantitative estimate of drug-likeness (QED) is 0.781. The Bertz CT molecular complexity index is 795. The molecule has 0 spiro atoms. The molecular formula is C22H29N5O2. The fourth-order valence-electron chi connectivity index (χ4n) is 3.78. The van der Waals surface area contributed by atoms with Crippen molar-refractivity contribution >= 4 is 23.1 Å². The van der Waals surface area contributed by atoms with Gasteiger partial charge in [-0.2, -0.15) is 0 Å². The van der Waals surface area contributed by atoms with Crippen LogP contribution >= 0.6 is 0 Å². The largest absolute Gasteiger partial charge is 0.376 e. The smallest absolute Gasteiger partial charge is 0.271 e. The van der Waals surface area contributed by atoms with Crippen molar-refractivity contribution in [2.24, 2.45) is 5.92 Å². The van der Waals surface area contributed by atoms with Crippen LogP contribution in [0.25, 0.3) is 0 Å². The third-order valence-electron chi connectivity index (χ3n) is 5.69. The first kappa shape index (κ1) is 19.6. The molecule has 1 amide bonds. The molecule has 0 bridgehead atoms. The average Bonchev–Trinajstić information content (AvgIpc) is 3.27. The molecule has 2 aliphatic rings. The summed E-state index contributed by atoms with van der Waals surface area (Å²) in [5.41, 5.74) is 2.51. The van der Waals surface area contributed by atoms with E-state index in [4.69, 9.17) is 4.74 Å². The van der Waals surface area contributed by atoms with Crippen molar-refractivity contribution in [1.29, 1.82) is 0 Å². The van der Waals surface area contributed by atoms with E-state index >= 15 is 0 Å². The molecule has 1 unspecified atom stereocenters. The molecule has 1 aromatic carbocycles. The SMILES string of the molecule is CC1CCN(c2ccc(Nc3cnc(C(=O)NCC4CCCO4)cn3)cc2)CC1. The van der Waals surface area contributed by atoms with Crippen molar-refractivity contribution in [3.8, 4) is 0 Å². The minimum atomic E-state index is -0.222. The van der Waals surface area contributed by atoms with Crippen LogP contribution in [-0.2, 0) is 4.74 Å². The van der Waals surface area contributed by atoms with Crippen LogP contribution in [0.2, 0.25) is 0 Å². The van der Waals surface area contributed by atoms with E-state index in [1.54, 1.807) is 6.20 Å². The number of piperidine rings is 1. The standard InChI is InChI=1S/C22H29N5O2/c1-16-8-10-27(11-9-16)18-6-4-17(5-7-18)26-21-15-23-20(14-24-21)22(28)25-13-19-3-2-12-29-19/h4-7,14-16,19H,2-3,8-13H2,1H3,(H,24,26)(H,25,28). The van der Waals surface area contributed by atoms with Crippen molar-refractivity contribution < 1.29 is 9.53 Å². The van der Waals surface area contributed by atoms with Gasteiger partial charge in [-0.05, 0) is 55.9 Å². The molecular weight excluding hydrogens is 366 g/mol. The molecule has 29 heavy (non-hydrogen) atoms. The Labute approximate surface area is 171 Å². The lowest BCUT2D eigenvalue weighted by Gasteiger charge is -2.32. The number of hydrogen-bond donors (Lipinski definition) is 2. The van der Waals surface area contributed by atoms with Crippen molar-refractivity contribution in [3.05, 3.63) is 42.4 Å². The molecule has 1 atom stereocenters. The monoisotopic (exact) mass is 395 g/mol. The van der Waals surface area contributed by atoms with E-state index < -0.39 is 0 Å². The highest BCUT2D eigenvalue weighted by molar-refractivity contribution is 5.92. The molecule has 154 valence electrons. The Morgan fingerprint density at radius 2 is 1.93 bits per heavy atom. The molecule has 2 aromatic rings. The van der Waals surface area contributed by atoms with Gasteiger partial charge in [0.1, 0.15) is 11.5 Å². The van der Waals surface area contributed by atoms with E-state index in [2.05, 4.69) is 56.7 Å². The summed E-state index contributed by atoms with van der Waals surface area (Å²) in [5, 5.41) is 6.10. The van der Waals surface area contributed by atoms with Gasteiger partial charge in [0.05, 0.1) is 18.5 Å². The van der Waals surface area contributed by atoms with Gasteiger partial charge >= 0.3 is 0 Å². The number of nitrogens with zero attached hydrogens (tertiary/aromatic N) is 3. The molecule has 7 heteroatoms. The van der Waals surface area contributed by atoms with Crippen LogP contribution in [0.5, 0.6) is 0 Å². The summed E-state index contributed by atoms with van der Waals surface area (Å²) in [6, 6.07) is 8.38. The molecule has 4 rings (SSSR count). The first-order valence-electron chi connectivity index (χ1n) is 10.5. The number of ether oxygens (including phenoxy) is 1. The zero-order chi connectivity index (χ0) is 20.1. The van der Waals surface area contributed by atoms with Gasteiger partial charge in [-0.15, -0.1) is 0 Å². The summed E-state index contributed by atoms with van der Waals surface area (Å²) in [6.45, 7) is 5.86. The third-order valence-corrected chi connectivity index (χ3v) is 5.69. The fourth-order valence-corrected chi connectivity index (χ4v) is 3.78. The molecule has 7 nitrogen and oxygen atoms in total. The van der Waals surface area contributed by atoms with Crippen LogP contribution in [0.1, 0.15) is 43.1 Å². The number of rotatable bonds is 6. The molecule has 2 aliphatic heterocycles. The normalized spacial score (nSPS) is 19.9. The van der Waals surface area contributed by atoms with Gasteiger partial charge < -0.3 is 20.3 Å². The molecule has 2 N–H and O–H groups in total. The van der Waals surface area contributed by atoms with Gasteiger partial charge in [0.2, 0.25) is 0 Å². The van der Waals surface area contributed by atoms with E-state index in [1.807, 2.05) is 0 Å². The predicted molar refractivity (Wildman–Crippen MR) is 114 cm³/mol. The maximum absolute atomic E-state index is 12.2. The number of amides is 1. The maximum atomic E-state index is 12.2. The molecule has 2 fully saturated rings. The lowest BCUT2D eigenvalue weighted by molar-refractivity contribution is 0.0853. The van der Waals surface area contributed by atoms with E-state index in [1.165, 1.54) is 24.7 Å². The molecule has 0 radical (unpaired) electrons. The van der Waals surface area contributed by atoms with Crippen molar-refractivity contribution in [1.82, 2.24) is 15.3 Å². The van der Waals surface area contributed by atoms with Crippen LogP contribution in [0.4, 0.5) is 17.2 Å². The summed E-state index contributed by atoms with van der Waals surface area (Å²) < 4.78 is 5.51. The van der Waals surface area contributed by atoms with Crippen molar-refractivity contribution in [2.75, 3.05) is 36.5 Å². The van der Waals surface area contributed by atoms with Gasteiger partial charge in [-0.25, -0.2) is 9.97 Å². The van der Waals surface area contributed by atoms with Crippen LogP contribution in [0.3, 0.4) is 0 Å². The molecule has 3 heterocycles. The van der Waals surface area contributed by atoms with Crippen molar-refractivity contribution in [3.63, 3.8) is 0 Å². The third kappa shape index (κ3) is 5.23. The van der Waals surface area contributed by atoms with Gasteiger partial charge in [0.15, 0.2) is 0 Å². The first-order valence-corrected chi connectivity index (χ1v) is 10.5. The highest BCUT2D eigenvalue weighted by atomic mass is 16.5. The lowest BCUT2D eigenvalue weighted by atomic mass is 9.99. The zero-order valence-electron chi connectivity index (χ0n) is 16.9. The number of anilines is 3. The summed E-state index contributed by atoms with van der Waals surface area (Å²) in [6.07, 6.45) is 7.75. The van der Waals surface area contributed by atoms with Crippen LogP contribution < -0.4 is 15.5 Å². The zero-order valence-corrected chi connectivity index (χ0v) is 16.9. The first-order chi connectivity index (χ1) is 14.2. The number of nitrogens with one attached hydrogen (secondary N) is 2. The minimum Gasteiger partial charge on any atom is -0.376 e. The Morgan fingerprint density at radius 1 is 1.14 bits per heavy atom. The second-order valence-corrected chi connectivity index (χ2v) is 7.97. The average molecular weight is 396 g/mol. The Balaban J connectivity index is 1.29. The summed E-state index contributed by atoms with van der Waals surface area (Å²) in [7, 11) is 0. The summed E-state index contributed by atoms with van der Waals surface area (Å²) in [5.74, 6) is 1.21. The van der Waals surface area contributed by atoms with Crippen LogP contribution in [0, 0.1) is 5.92 Å². The number of hydrogen-bond acceptors (Lipinski definition) is 6. The fraction of sp³-hybridized carbons (Fsp3) is 0.500. The Hall–Kier alpha value is -2.67. The molecule has 0 aliphatic carbocycles. The number of aromatic nitrogens is 2. The van der Waals surface area contributed by atoms with Gasteiger partial charge in [-0.3, -0.25) is 4.79 Å². The van der Waals surface area contributed by atoms with Crippen molar-refractivity contribution in [2.45, 2.75) is 38.7 Å². The van der Waals surface area contributed by atoms with E-state index in [9.17, 15) is 4.79 Å². The highest BCUT2D eigenvalue weighted by Crippen LogP contribution is 2.25. The molecule has 1 aromatic heterocycles. The van der Waals surface area contributed by atoms with E-state index in [0.29, 0.717) is 18.1 Å². The predicted octanol–water partition coefficient (Wildman–Crippen LogP) is 3.37. The summed E-state index contributed by atoms with van der Waals surface area (Å²) >= 11 is 0. The Morgan fingerprint density at radius 3 is 2.59 bits per heavy atom. The van der Waals surface area contributed by atoms with Gasteiger partial charge in [0.25, 0.3) is 5.91 Å². The Kier molecular flexibility index (Phi) is 6.24. The second kappa shape index (κ2) is 9.22. The number of carbonyl (C=O) groups is 1. The van der Waals surface area contributed by atoms with Crippen LogP contribution in [-0.4, -0.2) is 48.2 Å². The van der Waals surface area contributed by atoms with Crippen LogP contribution in [0.15, 0.2) is 36.7 Å². The van der Waals surface area contributed by atoms with E-state index in [-0.39, 0.29) is 12.0 Å².